The molecule has 3 N–H and O–H groups in total. The highest BCUT2D eigenvalue weighted by Crippen LogP contribution is 2.33. The molecule has 0 fully saturated rings. The van der Waals surface area contributed by atoms with E-state index >= 15 is 0 Å². The van der Waals surface area contributed by atoms with Gasteiger partial charge in [-0.05, 0) is 30.3 Å². The number of rotatable bonds is 7. The first-order chi connectivity index (χ1) is 11.9. The number of primary sulfonamides is 1. The van der Waals surface area contributed by atoms with E-state index in [1.54, 1.807) is 30.5 Å². The Morgan fingerprint density at radius 2 is 1.52 bits per heavy atom. The molecule has 0 saturated heterocycles. The molecule has 0 bridgehead atoms. The van der Waals surface area contributed by atoms with Gasteiger partial charge in [0.05, 0.1) is 38.1 Å². The van der Waals surface area contributed by atoms with Gasteiger partial charge in [0.1, 0.15) is 5.75 Å². The fourth-order valence-electron chi connectivity index (χ4n) is 2.05. The van der Waals surface area contributed by atoms with Crippen LogP contribution in [0.2, 0.25) is 0 Å². The van der Waals surface area contributed by atoms with Crippen LogP contribution >= 0.6 is 0 Å². The molecule has 0 heterocycles. The number of ether oxygens (including phenoxy) is 3. The third kappa shape index (κ3) is 4.61. The van der Waals surface area contributed by atoms with Crippen molar-refractivity contribution in [1.29, 1.82) is 0 Å². The van der Waals surface area contributed by atoms with Gasteiger partial charge in [0.25, 0.3) is 0 Å². The van der Waals surface area contributed by atoms with Gasteiger partial charge in [0.2, 0.25) is 10.0 Å². The number of anilines is 1. The van der Waals surface area contributed by atoms with Gasteiger partial charge in [-0.2, -0.15) is 5.10 Å². The minimum absolute atomic E-state index is 0.0311. The first-order valence-electron chi connectivity index (χ1n) is 7.11. The molecule has 2 rings (SSSR count). The number of benzene rings is 2. The maximum Gasteiger partial charge on any atom is 0.238 e. The summed E-state index contributed by atoms with van der Waals surface area (Å²) in [4.78, 5) is 0.0311. The van der Waals surface area contributed by atoms with Crippen LogP contribution in [0.3, 0.4) is 0 Å². The summed E-state index contributed by atoms with van der Waals surface area (Å²) in [5.41, 5.74) is 4.07. The molecule has 0 spiro atoms. The van der Waals surface area contributed by atoms with Crippen LogP contribution in [-0.2, 0) is 10.0 Å². The smallest absolute Gasteiger partial charge is 0.238 e. The van der Waals surface area contributed by atoms with E-state index < -0.39 is 10.0 Å². The van der Waals surface area contributed by atoms with Gasteiger partial charge in [-0.25, -0.2) is 13.6 Å². The lowest BCUT2D eigenvalue weighted by Gasteiger charge is -2.11. The third-order valence-electron chi connectivity index (χ3n) is 3.32. The van der Waals surface area contributed by atoms with Crippen molar-refractivity contribution >= 4 is 21.9 Å². The zero-order valence-electron chi connectivity index (χ0n) is 14.0. The second kappa shape index (κ2) is 7.86. The molecule has 0 aliphatic carbocycles. The molecule has 8 nitrogen and oxygen atoms in total. The van der Waals surface area contributed by atoms with Crippen molar-refractivity contribution in [3.8, 4) is 17.2 Å². The molecular formula is C16H19N3O5S. The summed E-state index contributed by atoms with van der Waals surface area (Å²) in [6.07, 6.45) is 1.55. The first kappa shape index (κ1) is 18.6. The number of nitrogens with one attached hydrogen (secondary N) is 1. The van der Waals surface area contributed by atoms with E-state index in [0.29, 0.717) is 28.5 Å². The maximum absolute atomic E-state index is 11.2. The average Bonchev–Trinajstić information content (AvgIpc) is 2.60. The molecule has 0 unspecified atom stereocenters. The minimum atomic E-state index is -3.71. The lowest BCUT2D eigenvalue weighted by atomic mass is 10.2. The molecule has 134 valence electrons. The lowest BCUT2D eigenvalue weighted by Crippen LogP contribution is -2.11. The zero-order valence-corrected chi connectivity index (χ0v) is 14.8. The minimum Gasteiger partial charge on any atom is -0.496 e. The van der Waals surface area contributed by atoms with Gasteiger partial charge < -0.3 is 14.2 Å². The van der Waals surface area contributed by atoms with E-state index in [1.165, 1.54) is 33.5 Å². The molecule has 0 radical (unpaired) electrons. The topological polar surface area (TPSA) is 112 Å². The molecule has 0 aliphatic rings. The van der Waals surface area contributed by atoms with Crippen LogP contribution in [0.5, 0.6) is 17.2 Å². The predicted molar refractivity (Wildman–Crippen MR) is 95.1 cm³/mol. The molecular weight excluding hydrogens is 346 g/mol. The van der Waals surface area contributed by atoms with Crippen LogP contribution in [0.25, 0.3) is 0 Å². The van der Waals surface area contributed by atoms with Crippen molar-refractivity contribution in [1.82, 2.24) is 0 Å². The SMILES string of the molecule is COc1cc(OC)c(OC)cc1/C=N/Nc1ccc(S(N)(=O)=O)cc1. The van der Waals surface area contributed by atoms with Crippen LogP contribution in [-0.4, -0.2) is 36.0 Å². The number of methoxy groups -OCH3 is 3. The van der Waals surface area contributed by atoms with Crippen molar-refractivity contribution in [2.45, 2.75) is 4.90 Å². The highest BCUT2D eigenvalue weighted by atomic mass is 32.2. The van der Waals surface area contributed by atoms with Gasteiger partial charge >= 0.3 is 0 Å². The van der Waals surface area contributed by atoms with Gasteiger partial charge in [-0.3, -0.25) is 5.43 Å². The lowest BCUT2D eigenvalue weighted by molar-refractivity contribution is 0.349. The van der Waals surface area contributed by atoms with Crippen molar-refractivity contribution in [3.63, 3.8) is 0 Å². The summed E-state index contributed by atoms with van der Waals surface area (Å²) in [6, 6.07) is 9.33. The van der Waals surface area contributed by atoms with Crippen molar-refractivity contribution in [3.05, 3.63) is 42.0 Å². The van der Waals surface area contributed by atoms with Crippen molar-refractivity contribution in [2.24, 2.45) is 10.2 Å². The van der Waals surface area contributed by atoms with Crippen LogP contribution in [0.1, 0.15) is 5.56 Å². The Hall–Kier alpha value is -2.78. The first-order valence-corrected chi connectivity index (χ1v) is 8.65. The highest BCUT2D eigenvalue weighted by molar-refractivity contribution is 7.89. The van der Waals surface area contributed by atoms with E-state index in [-0.39, 0.29) is 4.90 Å². The number of nitrogens with zero attached hydrogens (tertiary/aromatic N) is 1. The van der Waals surface area contributed by atoms with Gasteiger partial charge in [0, 0.05) is 11.6 Å². The van der Waals surface area contributed by atoms with Gasteiger partial charge in [-0.1, -0.05) is 0 Å². The van der Waals surface area contributed by atoms with E-state index in [2.05, 4.69) is 10.5 Å². The molecule has 0 aromatic heterocycles. The van der Waals surface area contributed by atoms with Crippen molar-refractivity contribution < 1.29 is 22.6 Å². The monoisotopic (exact) mass is 365 g/mol. The molecule has 25 heavy (non-hydrogen) atoms. The zero-order chi connectivity index (χ0) is 18.4. The largest absolute Gasteiger partial charge is 0.496 e. The van der Waals surface area contributed by atoms with Crippen LogP contribution in [0, 0.1) is 0 Å². The Bertz CT molecular complexity index is 864. The molecule has 2 aromatic rings. The second-order valence-electron chi connectivity index (χ2n) is 4.89. The Morgan fingerprint density at radius 1 is 0.960 bits per heavy atom. The average molecular weight is 365 g/mol. The Balaban J connectivity index is 2.19. The predicted octanol–water partition coefficient (Wildman–Crippen LogP) is 1.81. The fraction of sp³-hybridized carbons (Fsp3) is 0.188. The summed E-state index contributed by atoms with van der Waals surface area (Å²) >= 11 is 0. The van der Waals surface area contributed by atoms with Gasteiger partial charge in [0.15, 0.2) is 11.5 Å². The van der Waals surface area contributed by atoms with Crippen LogP contribution < -0.4 is 24.8 Å². The number of hydrogen-bond acceptors (Lipinski definition) is 7. The summed E-state index contributed by atoms with van der Waals surface area (Å²) in [6.45, 7) is 0. The quantitative estimate of drug-likeness (QED) is 0.572. The summed E-state index contributed by atoms with van der Waals surface area (Å²) in [5, 5.41) is 9.16. The summed E-state index contributed by atoms with van der Waals surface area (Å²) in [7, 11) is 0.903. The molecule has 2 aromatic carbocycles. The molecule has 0 amide bonds. The van der Waals surface area contributed by atoms with Crippen molar-refractivity contribution in [2.75, 3.05) is 26.8 Å². The number of hydrazone groups is 1. The summed E-state index contributed by atoms with van der Waals surface area (Å²) in [5.74, 6) is 1.65. The maximum atomic E-state index is 11.2. The Labute approximate surface area is 146 Å². The Morgan fingerprint density at radius 3 is 2.04 bits per heavy atom. The van der Waals surface area contributed by atoms with E-state index in [1.807, 2.05) is 0 Å². The number of sulfonamides is 1. The van der Waals surface area contributed by atoms with Gasteiger partial charge in [-0.15, -0.1) is 0 Å². The fourth-order valence-corrected chi connectivity index (χ4v) is 2.56. The van der Waals surface area contributed by atoms with E-state index in [9.17, 15) is 8.42 Å². The number of hydrogen-bond donors (Lipinski definition) is 2. The molecule has 0 atom stereocenters. The summed E-state index contributed by atoms with van der Waals surface area (Å²) < 4.78 is 38.2. The number of nitrogens with two attached hydrogens (primary N) is 1. The Kier molecular flexibility index (Phi) is 5.84. The third-order valence-corrected chi connectivity index (χ3v) is 4.25. The van der Waals surface area contributed by atoms with E-state index in [0.717, 1.165) is 0 Å². The van der Waals surface area contributed by atoms with Crippen LogP contribution in [0.15, 0.2) is 46.4 Å². The molecule has 0 saturated carbocycles. The normalized spacial score (nSPS) is 11.4. The standard InChI is InChI=1S/C16H19N3O5S/c1-22-14-9-16(24-3)15(23-2)8-11(14)10-18-19-12-4-6-13(7-5-12)25(17,20)21/h4-10,19H,1-3H3,(H2,17,20,21)/b18-10+. The second-order valence-corrected chi connectivity index (χ2v) is 6.45. The molecule has 0 aliphatic heterocycles. The highest BCUT2D eigenvalue weighted by Gasteiger charge is 2.10. The molecule has 9 heteroatoms. The van der Waals surface area contributed by atoms with E-state index in [4.69, 9.17) is 19.3 Å². The van der Waals surface area contributed by atoms with Crippen LogP contribution in [0.4, 0.5) is 5.69 Å².